The van der Waals surface area contributed by atoms with E-state index in [2.05, 4.69) is 0 Å². The molecule has 0 aliphatic carbocycles. The summed E-state index contributed by atoms with van der Waals surface area (Å²) in [5.74, 6) is 0.537. The second-order valence-electron chi connectivity index (χ2n) is 3.95. The number of esters is 1. The van der Waals surface area contributed by atoms with Crippen LogP contribution in [0.4, 0.5) is 5.69 Å². The van der Waals surface area contributed by atoms with Gasteiger partial charge in [0, 0.05) is 11.8 Å². The molecule has 0 aliphatic heterocycles. The first-order chi connectivity index (χ1) is 7.54. The summed E-state index contributed by atoms with van der Waals surface area (Å²) in [6.07, 6.45) is 0. The highest BCUT2D eigenvalue weighted by Gasteiger charge is 2.12. The van der Waals surface area contributed by atoms with E-state index in [9.17, 15) is 4.79 Å². The molecule has 0 saturated heterocycles. The van der Waals surface area contributed by atoms with Crippen LogP contribution >= 0.6 is 0 Å². The van der Waals surface area contributed by atoms with Crippen LogP contribution in [-0.4, -0.2) is 19.7 Å². The fraction of sp³-hybridized carbons (Fsp3) is 0.417. The Labute approximate surface area is 95.3 Å². The highest BCUT2D eigenvalue weighted by molar-refractivity contribution is 5.95. The van der Waals surface area contributed by atoms with Gasteiger partial charge in [0.15, 0.2) is 0 Å². The molecule has 0 aromatic heterocycles. The molecule has 0 unspecified atom stereocenters. The first kappa shape index (κ1) is 12.4. The first-order valence-electron chi connectivity index (χ1n) is 5.15. The summed E-state index contributed by atoms with van der Waals surface area (Å²) in [4.78, 5) is 11.6. The van der Waals surface area contributed by atoms with E-state index in [4.69, 9.17) is 15.2 Å². The van der Waals surface area contributed by atoms with Gasteiger partial charge in [-0.05, 0) is 18.1 Å². The minimum Gasteiger partial charge on any atom is -0.497 e. The highest BCUT2D eigenvalue weighted by atomic mass is 16.5. The molecule has 4 nitrogen and oxygen atoms in total. The molecule has 16 heavy (non-hydrogen) atoms. The third-order valence-corrected chi connectivity index (χ3v) is 2.03. The smallest absolute Gasteiger partial charge is 0.340 e. The molecule has 0 atom stereocenters. The molecule has 1 aromatic carbocycles. The monoisotopic (exact) mass is 223 g/mol. The molecular formula is C12H17NO3. The second kappa shape index (κ2) is 5.39. The molecule has 1 rings (SSSR count). The van der Waals surface area contributed by atoms with E-state index in [0.717, 1.165) is 0 Å². The third kappa shape index (κ3) is 3.15. The molecule has 0 amide bonds. The number of benzene rings is 1. The van der Waals surface area contributed by atoms with E-state index in [1.165, 1.54) is 0 Å². The minimum absolute atomic E-state index is 0.309. The summed E-state index contributed by atoms with van der Waals surface area (Å²) in [6.45, 7) is 4.35. The van der Waals surface area contributed by atoms with Gasteiger partial charge >= 0.3 is 5.97 Å². The number of ether oxygens (including phenoxy) is 2. The van der Waals surface area contributed by atoms with Crippen LogP contribution in [0, 0.1) is 5.92 Å². The van der Waals surface area contributed by atoms with Gasteiger partial charge in [-0.2, -0.15) is 0 Å². The Morgan fingerprint density at radius 1 is 1.44 bits per heavy atom. The topological polar surface area (TPSA) is 61.5 Å². The van der Waals surface area contributed by atoms with Crippen molar-refractivity contribution in [2.45, 2.75) is 13.8 Å². The van der Waals surface area contributed by atoms with Crippen LogP contribution in [0.5, 0.6) is 5.75 Å². The van der Waals surface area contributed by atoms with Crippen molar-refractivity contribution < 1.29 is 14.3 Å². The molecule has 0 aliphatic rings. The maximum atomic E-state index is 11.6. The van der Waals surface area contributed by atoms with Crippen molar-refractivity contribution >= 4 is 11.7 Å². The van der Waals surface area contributed by atoms with Crippen molar-refractivity contribution in [2.75, 3.05) is 19.5 Å². The number of hydrogen-bond acceptors (Lipinski definition) is 4. The SMILES string of the molecule is COc1ccc(C(=O)OCC(C)C)c(N)c1. The van der Waals surface area contributed by atoms with Gasteiger partial charge in [-0.15, -0.1) is 0 Å². The minimum atomic E-state index is -0.395. The zero-order valence-corrected chi connectivity index (χ0v) is 9.82. The van der Waals surface area contributed by atoms with Crippen LogP contribution in [-0.2, 0) is 4.74 Å². The summed E-state index contributed by atoms with van der Waals surface area (Å²) in [6, 6.07) is 4.89. The summed E-state index contributed by atoms with van der Waals surface area (Å²) in [7, 11) is 1.55. The number of rotatable bonds is 4. The molecule has 0 bridgehead atoms. The Morgan fingerprint density at radius 3 is 2.62 bits per heavy atom. The van der Waals surface area contributed by atoms with E-state index in [0.29, 0.717) is 29.5 Å². The van der Waals surface area contributed by atoms with Crippen LogP contribution in [0.25, 0.3) is 0 Å². The largest absolute Gasteiger partial charge is 0.497 e. The Balaban J connectivity index is 2.76. The molecule has 4 heteroatoms. The Hall–Kier alpha value is -1.71. The normalized spacial score (nSPS) is 10.2. The lowest BCUT2D eigenvalue weighted by Crippen LogP contribution is -2.12. The quantitative estimate of drug-likeness (QED) is 0.627. The van der Waals surface area contributed by atoms with Crippen molar-refractivity contribution in [1.29, 1.82) is 0 Å². The van der Waals surface area contributed by atoms with E-state index in [1.807, 2.05) is 13.8 Å². The lowest BCUT2D eigenvalue weighted by atomic mass is 10.1. The van der Waals surface area contributed by atoms with Gasteiger partial charge in [0.2, 0.25) is 0 Å². The summed E-state index contributed by atoms with van der Waals surface area (Å²) >= 11 is 0. The molecule has 0 radical (unpaired) electrons. The number of hydrogen-bond donors (Lipinski definition) is 1. The Kier molecular flexibility index (Phi) is 4.17. The van der Waals surface area contributed by atoms with Crippen molar-refractivity contribution in [1.82, 2.24) is 0 Å². The number of carbonyl (C=O) groups excluding carboxylic acids is 1. The number of methoxy groups -OCH3 is 1. The van der Waals surface area contributed by atoms with Crippen LogP contribution in [0.15, 0.2) is 18.2 Å². The molecule has 88 valence electrons. The van der Waals surface area contributed by atoms with Crippen molar-refractivity contribution in [3.8, 4) is 5.75 Å². The predicted octanol–water partition coefficient (Wildman–Crippen LogP) is 2.09. The predicted molar refractivity (Wildman–Crippen MR) is 62.5 cm³/mol. The number of carbonyl (C=O) groups is 1. The zero-order chi connectivity index (χ0) is 12.1. The van der Waals surface area contributed by atoms with Crippen LogP contribution in [0.1, 0.15) is 24.2 Å². The maximum Gasteiger partial charge on any atom is 0.340 e. The maximum absolute atomic E-state index is 11.6. The Bertz CT molecular complexity index is 375. The van der Waals surface area contributed by atoms with Gasteiger partial charge < -0.3 is 15.2 Å². The molecule has 2 N–H and O–H groups in total. The van der Waals surface area contributed by atoms with Gasteiger partial charge in [-0.3, -0.25) is 0 Å². The van der Waals surface area contributed by atoms with E-state index >= 15 is 0 Å². The van der Waals surface area contributed by atoms with Crippen LogP contribution in [0.3, 0.4) is 0 Å². The first-order valence-corrected chi connectivity index (χ1v) is 5.15. The lowest BCUT2D eigenvalue weighted by molar-refractivity contribution is 0.0460. The fourth-order valence-corrected chi connectivity index (χ4v) is 1.17. The average molecular weight is 223 g/mol. The zero-order valence-electron chi connectivity index (χ0n) is 9.82. The molecular weight excluding hydrogens is 206 g/mol. The van der Waals surface area contributed by atoms with E-state index < -0.39 is 5.97 Å². The molecule has 0 saturated carbocycles. The number of nitrogens with two attached hydrogens (primary N) is 1. The Morgan fingerprint density at radius 2 is 2.12 bits per heavy atom. The third-order valence-electron chi connectivity index (χ3n) is 2.03. The van der Waals surface area contributed by atoms with Crippen molar-refractivity contribution in [2.24, 2.45) is 5.92 Å². The van der Waals surface area contributed by atoms with Crippen LogP contribution < -0.4 is 10.5 Å². The second-order valence-corrected chi connectivity index (χ2v) is 3.95. The molecule has 0 heterocycles. The fourth-order valence-electron chi connectivity index (χ4n) is 1.17. The van der Waals surface area contributed by atoms with Crippen molar-refractivity contribution in [3.05, 3.63) is 23.8 Å². The molecule has 1 aromatic rings. The summed E-state index contributed by atoms with van der Waals surface area (Å²) in [5.41, 5.74) is 6.47. The highest BCUT2D eigenvalue weighted by Crippen LogP contribution is 2.20. The molecule has 0 spiro atoms. The molecule has 0 fully saturated rings. The van der Waals surface area contributed by atoms with Gasteiger partial charge in [0.05, 0.1) is 19.3 Å². The van der Waals surface area contributed by atoms with Gasteiger partial charge in [0.25, 0.3) is 0 Å². The number of anilines is 1. The average Bonchev–Trinajstić information content (AvgIpc) is 2.25. The van der Waals surface area contributed by atoms with Crippen molar-refractivity contribution in [3.63, 3.8) is 0 Å². The number of nitrogen functional groups attached to an aromatic ring is 1. The van der Waals surface area contributed by atoms with E-state index in [1.54, 1.807) is 25.3 Å². The van der Waals surface area contributed by atoms with Gasteiger partial charge in [-0.1, -0.05) is 13.8 Å². The van der Waals surface area contributed by atoms with Gasteiger partial charge in [0.1, 0.15) is 5.75 Å². The lowest BCUT2D eigenvalue weighted by Gasteiger charge is -2.09. The van der Waals surface area contributed by atoms with E-state index in [-0.39, 0.29) is 0 Å². The van der Waals surface area contributed by atoms with Gasteiger partial charge in [-0.25, -0.2) is 4.79 Å². The van der Waals surface area contributed by atoms with Crippen LogP contribution in [0.2, 0.25) is 0 Å². The summed E-state index contributed by atoms with van der Waals surface area (Å²) < 4.78 is 10.1. The summed E-state index contributed by atoms with van der Waals surface area (Å²) in [5, 5.41) is 0. The standard InChI is InChI=1S/C12H17NO3/c1-8(2)7-16-12(14)10-5-4-9(15-3)6-11(10)13/h4-6,8H,7,13H2,1-3H3.